The van der Waals surface area contributed by atoms with Gasteiger partial charge in [-0.1, -0.05) is 83.6 Å². The molecule has 1 aromatic heterocycles. The molecular weight excluding hydrogens is 469 g/mol. The van der Waals surface area contributed by atoms with Gasteiger partial charge in [-0.2, -0.15) is 0 Å². The van der Waals surface area contributed by atoms with Gasteiger partial charge in [0.2, 0.25) is 0 Å². The van der Waals surface area contributed by atoms with Gasteiger partial charge < -0.3 is 4.42 Å². The molecule has 0 aliphatic carbocycles. The molecule has 152 valence electrons. The van der Waals surface area contributed by atoms with Crippen molar-refractivity contribution in [3.8, 4) is 11.3 Å². The van der Waals surface area contributed by atoms with Crippen molar-refractivity contribution in [2.75, 3.05) is 4.90 Å². The van der Waals surface area contributed by atoms with Crippen LogP contribution in [0.5, 0.6) is 0 Å². The van der Waals surface area contributed by atoms with Gasteiger partial charge in [-0.3, -0.25) is 9.69 Å². The van der Waals surface area contributed by atoms with E-state index in [1.165, 1.54) is 11.8 Å². The number of fused-ring (bicyclic) bond motifs is 1. The summed E-state index contributed by atoms with van der Waals surface area (Å²) < 4.78 is 6.40. The Hall–Kier alpha value is -2.57. The van der Waals surface area contributed by atoms with Gasteiger partial charge in [-0.05, 0) is 41.8 Å². The Morgan fingerprint density at radius 3 is 2.61 bits per heavy atom. The summed E-state index contributed by atoms with van der Waals surface area (Å²) in [6.07, 6.45) is 1.71. The zero-order valence-corrected chi connectivity index (χ0v) is 19.0. The highest BCUT2D eigenvalue weighted by molar-refractivity contribution is 8.27. The average Bonchev–Trinajstić information content (AvgIpc) is 3.32. The van der Waals surface area contributed by atoms with Gasteiger partial charge in [0.15, 0.2) is 4.32 Å². The number of carbonyl (C=O) groups is 1. The summed E-state index contributed by atoms with van der Waals surface area (Å²) in [5.41, 5.74) is 1.51. The Kier molecular flexibility index (Phi) is 5.36. The van der Waals surface area contributed by atoms with E-state index in [0.29, 0.717) is 30.8 Å². The van der Waals surface area contributed by atoms with Crippen molar-refractivity contribution in [2.24, 2.45) is 0 Å². The minimum absolute atomic E-state index is 0.172. The summed E-state index contributed by atoms with van der Waals surface area (Å²) in [7, 11) is 0. The molecule has 0 N–H and O–H groups in total. The van der Waals surface area contributed by atoms with E-state index in [2.05, 4.69) is 0 Å². The third-order valence-corrected chi connectivity index (χ3v) is 6.75. The summed E-state index contributed by atoms with van der Waals surface area (Å²) in [6.45, 7) is 0. The summed E-state index contributed by atoms with van der Waals surface area (Å²) in [6, 6.07) is 22.6. The first-order valence-corrected chi connectivity index (χ1v) is 11.3. The molecule has 3 nitrogen and oxygen atoms in total. The third-order valence-electron chi connectivity index (χ3n) is 4.90. The number of anilines is 1. The number of rotatable bonds is 3. The summed E-state index contributed by atoms with van der Waals surface area (Å²) in [5.74, 6) is 0.964. The molecule has 1 amide bonds. The van der Waals surface area contributed by atoms with Gasteiger partial charge >= 0.3 is 0 Å². The maximum absolute atomic E-state index is 13.2. The van der Waals surface area contributed by atoms with Crippen molar-refractivity contribution in [3.05, 3.63) is 93.5 Å². The number of halogens is 2. The Balaban J connectivity index is 1.48. The molecule has 2 heterocycles. The Labute approximate surface area is 198 Å². The molecule has 4 aromatic rings. The minimum atomic E-state index is -0.172. The van der Waals surface area contributed by atoms with E-state index in [1.807, 2.05) is 48.5 Å². The van der Waals surface area contributed by atoms with Gasteiger partial charge in [0.05, 0.1) is 15.6 Å². The minimum Gasteiger partial charge on any atom is -0.457 e. The highest BCUT2D eigenvalue weighted by Gasteiger charge is 2.34. The second kappa shape index (κ2) is 8.17. The van der Waals surface area contributed by atoms with E-state index in [4.69, 9.17) is 39.8 Å². The molecule has 1 fully saturated rings. The molecule has 31 heavy (non-hydrogen) atoms. The number of nitrogens with zero attached hydrogens (tertiary/aromatic N) is 1. The number of benzene rings is 3. The van der Waals surface area contributed by atoms with Crippen molar-refractivity contribution >= 4 is 79.9 Å². The maximum Gasteiger partial charge on any atom is 0.270 e. The molecule has 1 saturated heterocycles. The van der Waals surface area contributed by atoms with Crippen LogP contribution < -0.4 is 4.90 Å². The van der Waals surface area contributed by atoms with Crippen molar-refractivity contribution < 1.29 is 9.21 Å². The van der Waals surface area contributed by atoms with Gasteiger partial charge in [-0.15, -0.1) is 0 Å². The smallest absolute Gasteiger partial charge is 0.270 e. The van der Waals surface area contributed by atoms with Crippen LogP contribution in [0.2, 0.25) is 10.0 Å². The van der Waals surface area contributed by atoms with E-state index >= 15 is 0 Å². The Morgan fingerprint density at radius 1 is 0.968 bits per heavy atom. The molecule has 0 unspecified atom stereocenters. The maximum atomic E-state index is 13.2. The van der Waals surface area contributed by atoms with Crippen LogP contribution in [0.4, 0.5) is 5.69 Å². The molecule has 0 atom stereocenters. The molecule has 7 heteroatoms. The quantitative estimate of drug-likeness (QED) is 0.220. The van der Waals surface area contributed by atoms with E-state index in [9.17, 15) is 4.79 Å². The second-order valence-corrected chi connectivity index (χ2v) is 9.36. The van der Waals surface area contributed by atoms with Crippen molar-refractivity contribution in [2.45, 2.75) is 0 Å². The van der Waals surface area contributed by atoms with Crippen LogP contribution in [-0.4, -0.2) is 10.2 Å². The number of amides is 1. The molecule has 1 aliphatic heterocycles. The average molecular weight is 482 g/mol. The monoisotopic (exact) mass is 481 g/mol. The topological polar surface area (TPSA) is 33.5 Å². The highest BCUT2D eigenvalue weighted by Crippen LogP contribution is 2.39. The number of thiocarbonyl (C=S) groups is 1. The van der Waals surface area contributed by atoms with E-state index in [1.54, 1.807) is 35.2 Å². The van der Waals surface area contributed by atoms with Crippen LogP contribution in [0.15, 0.2) is 82.1 Å². The first kappa shape index (κ1) is 20.3. The number of thioether (sulfide) groups is 1. The largest absolute Gasteiger partial charge is 0.457 e. The van der Waals surface area contributed by atoms with Crippen molar-refractivity contribution in [3.63, 3.8) is 0 Å². The van der Waals surface area contributed by atoms with Gasteiger partial charge in [-0.25, -0.2) is 0 Å². The van der Waals surface area contributed by atoms with Gasteiger partial charge in [0.25, 0.3) is 5.91 Å². The predicted octanol–water partition coefficient (Wildman–Crippen LogP) is 7.81. The van der Waals surface area contributed by atoms with Crippen molar-refractivity contribution in [1.82, 2.24) is 0 Å². The summed E-state index contributed by atoms with van der Waals surface area (Å²) >= 11 is 19.0. The number of hydrogen-bond donors (Lipinski definition) is 0. The Bertz CT molecular complexity index is 1390. The summed E-state index contributed by atoms with van der Waals surface area (Å²) in [4.78, 5) is 15.3. The second-order valence-electron chi connectivity index (χ2n) is 6.84. The molecule has 0 radical (unpaired) electrons. The van der Waals surface area contributed by atoms with Crippen LogP contribution in [0, 0.1) is 0 Å². The van der Waals surface area contributed by atoms with Crippen molar-refractivity contribution in [1.29, 1.82) is 0 Å². The van der Waals surface area contributed by atoms with Gasteiger partial charge in [0, 0.05) is 22.0 Å². The molecular formula is C24H13Cl2NO2S2. The fraction of sp³-hybridized carbons (Fsp3) is 0. The first-order chi connectivity index (χ1) is 15.0. The molecule has 0 saturated carbocycles. The van der Waals surface area contributed by atoms with Crippen LogP contribution >= 0.6 is 47.2 Å². The van der Waals surface area contributed by atoms with E-state index < -0.39 is 0 Å². The predicted molar refractivity (Wildman–Crippen MR) is 134 cm³/mol. The highest BCUT2D eigenvalue weighted by atomic mass is 35.5. The normalized spacial score (nSPS) is 15.4. The zero-order chi connectivity index (χ0) is 21.5. The lowest BCUT2D eigenvalue weighted by Gasteiger charge is -2.17. The zero-order valence-electron chi connectivity index (χ0n) is 15.8. The molecule has 1 aliphatic rings. The molecule has 3 aromatic carbocycles. The standard InChI is InChI=1S/C24H13Cl2NO2S2/c25-15-8-10-18(19(26)12-15)21-11-9-16(29-21)13-22-23(28)27(24(30)31-22)20-7-3-5-14-4-1-2-6-17(14)20/h1-13H/b22-13-. The van der Waals surface area contributed by atoms with Crippen LogP contribution in [0.3, 0.4) is 0 Å². The lowest BCUT2D eigenvalue weighted by Crippen LogP contribution is -2.27. The molecule has 0 bridgehead atoms. The van der Waals surface area contributed by atoms with Crippen LogP contribution in [0.25, 0.3) is 28.2 Å². The lowest BCUT2D eigenvalue weighted by atomic mass is 10.1. The molecule has 0 spiro atoms. The van der Waals surface area contributed by atoms with Crippen LogP contribution in [-0.2, 0) is 4.79 Å². The molecule has 5 rings (SSSR count). The number of furan rings is 1. The Morgan fingerprint density at radius 2 is 1.77 bits per heavy atom. The fourth-order valence-corrected chi connectivity index (χ4v) is 5.24. The van der Waals surface area contributed by atoms with E-state index in [-0.39, 0.29) is 5.91 Å². The SMILES string of the molecule is O=C1/C(=C/c2ccc(-c3ccc(Cl)cc3Cl)o2)SC(=S)N1c1cccc2ccccc12. The van der Waals surface area contributed by atoms with Gasteiger partial charge in [0.1, 0.15) is 11.5 Å². The lowest BCUT2D eigenvalue weighted by molar-refractivity contribution is -0.113. The number of carbonyl (C=O) groups excluding carboxylic acids is 1. The summed E-state index contributed by atoms with van der Waals surface area (Å²) in [5, 5.41) is 3.07. The van der Waals surface area contributed by atoms with Crippen LogP contribution in [0.1, 0.15) is 5.76 Å². The van der Waals surface area contributed by atoms with E-state index in [0.717, 1.165) is 22.0 Å². The third kappa shape index (κ3) is 3.79. The fourth-order valence-electron chi connectivity index (χ4n) is 3.47. The number of hydrogen-bond acceptors (Lipinski definition) is 4. The first-order valence-electron chi connectivity index (χ1n) is 9.32.